The van der Waals surface area contributed by atoms with Crippen LogP contribution in [0.5, 0.6) is 0 Å². The van der Waals surface area contributed by atoms with Crippen LogP contribution in [0.15, 0.2) is 53.0 Å². The number of ketones is 1. The van der Waals surface area contributed by atoms with E-state index in [9.17, 15) is 35.5 Å². The lowest BCUT2D eigenvalue weighted by atomic mass is 9.86. The average Bonchev–Trinajstić information content (AvgIpc) is 2.72. The molecule has 3 aromatic rings. The van der Waals surface area contributed by atoms with Gasteiger partial charge >= 0.3 is 18.0 Å². The third-order valence-corrected chi connectivity index (χ3v) is 6.08. The molecule has 0 spiro atoms. The number of rotatable bonds is 5. The van der Waals surface area contributed by atoms with E-state index in [1.54, 1.807) is 24.3 Å². The summed E-state index contributed by atoms with van der Waals surface area (Å²) in [5.41, 5.74) is -6.38. The van der Waals surface area contributed by atoms with Gasteiger partial charge in [0, 0.05) is 22.0 Å². The van der Waals surface area contributed by atoms with E-state index in [0.717, 1.165) is 15.2 Å². The predicted octanol–water partition coefficient (Wildman–Crippen LogP) is 8.19. The Morgan fingerprint density at radius 1 is 0.848 bits per heavy atom. The van der Waals surface area contributed by atoms with Gasteiger partial charge in [-0.25, -0.2) is 4.39 Å². The first kappa shape index (κ1) is 25.2. The summed E-state index contributed by atoms with van der Waals surface area (Å²) in [6.07, 6.45) is -12.6. The van der Waals surface area contributed by atoms with Crippen LogP contribution in [0.2, 0.25) is 0 Å². The Bertz CT molecular complexity index is 1200. The van der Waals surface area contributed by atoms with Crippen molar-refractivity contribution in [2.45, 2.75) is 44.7 Å². The largest absolute Gasteiger partial charge is 0.435 e. The van der Waals surface area contributed by atoms with E-state index in [-0.39, 0.29) is 35.3 Å². The van der Waals surface area contributed by atoms with Gasteiger partial charge in [0.2, 0.25) is 0 Å². The Morgan fingerprint density at radius 2 is 1.42 bits per heavy atom. The number of aryl methyl sites for hydroxylation is 2. The fraction of sp³-hybridized carbons (Fsp3) is 0.292. The van der Waals surface area contributed by atoms with Crippen molar-refractivity contribution in [1.29, 1.82) is 0 Å². The van der Waals surface area contributed by atoms with Crippen LogP contribution in [0.25, 0.3) is 10.8 Å². The maximum atomic E-state index is 14.5. The van der Waals surface area contributed by atoms with E-state index in [4.69, 9.17) is 0 Å². The van der Waals surface area contributed by atoms with Gasteiger partial charge in [-0.3, -0.25) is 4.79 Å². The molecule has 9 heteroatoms. The molecular formula is C24H18BrF7O. The first-order valence-corrected chi connectivity index (χ1v) is 10.7. The molecule has 0 aliphatic rings. The van der Waals surface area contributed by atoms with E-state index in [2.05, 4.69) is 15.9 Å². The monoisotopic (exact) mass is 534 g/mol. The predicted molar refractivity (Wildman–Crippen MR) is 115 cm³/mol. The lowest BCUT2D eigenvalue weighted by Crippen LogP contribution is -2.50. The van der Waals surface area contributed by atoms with Crippen LogP contribution in [0.4, 0.5) is 30.7 Å². The number of hydrogen-bond acceptors (Lipinski definition) is 1. The number of benzene rings is 3. The molecular weight excluding hydrogens is 517 g/mol. The highest BCUT2D eigenvalue weighted by Gasteiger charge is 2.73. The summed E-state index contributed by atoms with van der Waals surface area (Å²) in [5.74, 6) is -0.358. The minimum absolute atomic E-state index is 0.0158. The SMILES string of the molecule is CCc1cc(C(F)(C(F)(F)F)C(F)(F)F)cc(C)c1CC(=O)c1ccc2cc(Br)ccc2c1. The molecule has 0 bridgehead atoms. The third-order valence-electron chi connectivity index (χ3n) is 5.59. The van der Waals surface area contributed by atoms with Crippen molar-refractivity contribution in [3.63, 3.8) is 0 Å². The summed E-state index contributed by atoms with van der Waals surface area (Å²) in [4.78, 5) is 12.9. The van der Waals surface area contributed by atoms with Crippen LogP contribution in [0.1, 0.15) is 39.5 Å². The minimum atomic E-state index is -6.19. The number of hydrogen-bond donors (Lipinski definition) is 0. The van der Waals surface area contributed by atoms with E-state index in [1.807, 2.05) is 12.1 Å². The molecule has 1 nitrogen and oxygen atoms in total. The zero-order chi connectivity index (χ0) is 24.8. The number of alkyl halides is 7. The molecule has 0 radical (unpaired) electrons. The van der Waals surface area contributed by atoms with Gasteiger partial charge in [0.05, 0.1) is 0 Å². The molecule has 0 fully saturated rings. The second-order valence-electron chi connectivity index (χ2n) is 7.74. The normalized spacial score (nSPS) is 12.9. The van der Waals surface area contributed by atoms with E-state index < -0.39 is 23.6 Å². The molecule has 0 saturated carbocycles. The first-order valence-electron chi connectivity index (χ1n) is 9.86. The maximum Gasteiger partial charge on any atom is 0.435 e. The van der Waals surface area contributed by atoms with Crippen molar-refractivity contribution in [1.82, 2.24) is 0 Å². The van der Waals surface area contributed by atoms with Crippen molar-refractivity contribution in [2.24, 2.45) is 0 Å². The molecule has 0 saturated heterocycles. The Hall–Kier alpha value is -2.42. The first-order chi connectivity index (χ1) is 15.2. The molecule has 0 aliphatic carbocycles. The molecule has 0 aromatic heterocycles. The van der Waals surface area contributed by atoms with Crippen LogP contribution < -0.4 is 0 Å². The molecule has 0 amide bonds. The summed E-state index contributed by atoms with van der Waals surface area (Å²) in [6.45, 7) is 2.79. The highest BCUT2D eigenvalue weighted by Crippen LogP contribution is 2.53. The molecule has 0 unspecified atom stereocenters. The summed E-state index contributed by atoms with van der Waals surface area (Å²) in [5, 5.41) is 1.68. The molecule has 0 aliphatic heterocycles. The molecule has 3 rings (SSSR count). The quantitative estimate of drug-likeness (QED) is 0.238. The van der Waals surface area contributed by atoms with Gasteiger partial charge in [-0.15, -0.1) is 0 Å². The Labute approximate surface area is 193 Å². The van der Waals surface area contributed by atoms with Gasteiger partial charge in [-0.1, -0.05) is 53.2 Å². The van der Waals surface area contributed by atoms with Crippen LogP contribution >= 0.6 is 15.9 Å². The van der Waals surface area contributed by atoms with Gasteiger partial charge < -0.3 is 0 Å². The lowest BCUT2D eigenvalue weighted by Gasteiger charge is -2.31. The van der Waals surface area contributed by atoms with Gasteiger partial charge in [0.1, 0.15) is 0 Å². The molecule has 33 heavy (non-hydrogen) atoms. The summed E-state index contributed by atoms with van der Waals surface area (Å²) in [7, 11) is 0. The number of carbonyl (C=O) groups excluding carboxylic acids is 1. The highest BCUT2D eigenvalue weighted by molar-refractivity contribution is 9.10. The highest BCUT2D eigenvalue weighted by atomic mass is 79.9. The molecule has 0 heterocycles. The Balaban J connectivity index is 2.03. The lowest BCUT2D eigenvalue weighted by molar-refractivity contribution is -0.348. The average molecular weight is 535 g/mol. The van der Waals surface area contributed by atoms with Crippen molar-refractivity contribution >= 4 is 32.5 Å². The van der Waals surface area contributed by atoms with E-state index >= 15 is 0 Å². The molecule has 0 atom stereocenters. The van der Waals surface area contributed by atoms with Crippen molar-refractivity contribution in [3.05, 3.63) is 80.8 Å². The van der Waals surface area contributed by atoms with Gasteiger partial charge in [-0.2, -0.15) is 26.3 Å². The minimum Gasteiger partial charge on any atom is -0.294 e. The standard InChI is InChI=1S/C24H18BrF7O/c1-3-14-10-18(22(26,23(27,28)29)24(30,31)32)8-13(2)20(14)12-21(33)17-5-4-16-11-19(25)7-6-15(16)9-17/h4-11H,3,12H2,1-2H3. The van der Waals surface area contributed by atoms with Crippen molar-refractivity contribution < 1.29 is 35.5 Å². The Morgan fingerprint density at radius 3 is 2.00 bits per heavy atom. The van der Waals surface area contributed by atoms with Gasteiger partial charge in [0.25, 0.3) is 0 Å². The number of Topliss-reactive ketones (excluding diaryl/α,β-unsaturated/α-hetero) is 1. The molecule has 0 N–H and O–H groups in total. The fourth-order valence-electron chi connectivity index (χ4n) is 3.80. The third kappa shape index (κ3) is 4.65. The van der Waals surface area contributed by atoms with Crippen LogP contribution in [0, 0.1) is 6.92 Å². The second-order valence-corrected chi connectivity index (χ2v) is 8.66. The number of fused-ring (bicyclic) bond motifs is 1. The van der Waals surface area contributed by atoms with Gasteiger partial charge in [0.15, 0.2) is 5.78 Å². The fourth-order valence-corrected chi connectivity index (χ4v) is 4.18. The molecule has 3 aromatic carbocycles. The van der Waals surface area contributed by atoms with Crippen LogP contribution in [0.3, 0.4) is 0 Å². The second kappa shape index (κ2) is 8.74. The zero-order valence-electron chi connectivity index (χ0n) is 17.5. The van der Waals surface area contributed by atoms with E-state index in [1.165, 1.54) is 13.8 Å². The Kier molecular flexibility index (Phi) is 6.68. The van der Waals surface area contributed by atoms with Gasteiger partial charge in [-0.05, 0) is 59.0 Å². The van der Waals surface area contributed by atoms with Crippen LogP contribution in [-0.2, 0) is 18.5 Å². The summed E-state index contributed by atoms with van der Waals surface area (Å²) >= 11 is 3.36. The molecule has 176 valence electrons. The van der Waals surface area contributed by atoms with Crippen molar-refractivity contribution in [2.75, 3.05) is 0 Å². The summed E-state index contributed by atoms with van der Waals surface area (Å²) in [6, 6.07) is 11.6. The number of halogens is 8. The van der Waals surface area contributed by atoms with Crippen LogP contribution in [-0.4, -0.2) is 18.1 Å². The summed E-state index contributed by atoms with van der Waals surface area (Å²) < 4.78 is 94.5. The number of carbonyl (C=O) groups is 1. The maximum absolute atomic E-state index is 14.5. The smallest absolute Gasteiger partial charge is 0.294 e. The van der Waals surface area contributed by atoms with Crippen molar-refractivity contribution in [3.8, 4) is 0 Å². The van der Waals surface area contributed by atoms with E-state index in [0.29, 0.717) is 17.7 Å². The zero-order valence-corrected chi connectivity index (χ0v) is 19.1. The topological polar surface area (TPSA) is 17.1 Å².